The topological polar surface area (TPSA) is 158 Å². The van der Waals surface area contributed by atoms with Gasteiger partial charge in [0.05, 0.1) is 12.4 Å². The minimum Gasteiger partial charge on any atom is -0.369 e. The number of aromatic nitrogens is 1. The first-order valence-corrected chi connectivity index (χ1v) is 8.29. The third kappa shape index (κ3) is 3.87. The van der Waals surface area contributed by atoms with Crippen molar-refractivity contribution in [2.75, 3.05) is 0 Å². The molecule has 0 unspecified atom stereocenters. The van der Waals surface area contributed by atoms with Crippen molar-refractivity contribution in [3.05, 3.63) is 47.5 Å². The van der Waals surface area contributed by atoms with Crippen LogP contribution in [0.1, 0.15) is 18.1 Å². The Morgan fingerprint density at radius 1 is 0.815 bits per heavy atom. The van der Waals surface area contributed by atoms with Crippen molar-refractivity contribution in [2.45, 2.75) is 13.5 Å². The predicted octanol–water partition coefficient (Wildman–Crippen LogP) is 1.03. The van der Waals surface area contributed by atoms with E-state index in [9.17, 15) is 0 Å². The smallest absolute Gasteiger partial charge is 0.211 e. The molecule has 0 aliphatic heterocycles. The van der Waals surface area contributed by atoms with Crippen molar-refractivity contribution in [3.8, 4) is 0 Å². The zero-order valence-corrected chi connectivity index (χ0v) is 14.9. The molecule has 9 heteroatoms. The second kappa shape index (κ2) is 7.56. The number of rotatable bonds is 5. The first kappa shape index (κ1) is 17.9. The highest BCUT2D eigenvalue weighted by Crippen LogP contribution is 2.30. The van der Waals surface area contributed by atoms with E-state index >= 15 is 0 Å². The van der Waals surface area contributed by atoms with Gasteiger partial charge in [0.15, 0.2) is 0 Å². The maximum absolute atomic E-state index is 5.29. The molecule has 2 aromatic carbocycles. The quantitative estimate of drug-likeness (QED) is 0.303. The predicted molar refractivity (Wildman–Crippen MR) is 112 cm³/mol. The first-order chi connectivity index (χ1) is 13.0. The lowest BCUT2D eigenvalue weighted by molar-refractivity contribution is 0.827. The van der Waals surface area contributed by atoms with E-state index in [1.807, 2.05) is 24.3 Å². The van der Waals surface area contributed by atoms with Gasteiger partial charge in [0.25, 0.3) is 0 Å². The molecule has 0 saturated heterocycles. The van der Waals surface area contributed by atoms with E-state index in [0.29, 0.717) is 0 Å². The molecule has 1 aromatic heterocycles. The summed E-state index contributed by atoms with van der Waals surface area (Å²) in [6.07, 6.45) is 3.22. The minimum atomic E-state index is -0.0837. The SMILES string of the molecule is CCn1c2ccc(/C=N\N=C(N)N)cc2c2cc(/C=N/N=C(N)N)ccc21. The van der Waals surface area contributed by atoms with Crippen LogP contribution in [0, 0.1) is 0 Å². The van der Waals surface area contributed by atoms with Gasteiger partial charge in [-0.3, -0.25) is 0 Å². The zero-order valence-electron chi connectivity index (χ0n) is 14.9. The van der Waals surface area contributed by atoms with Crippen molar-refractivity contribution in [2.24, 2.45) is 43.3 Å². The highest BCUT2D eigenvalue weighted by molar-refractivity contribution is 6.10. The molecule has 1 heterocycles. The molecule has 9 nitrogen and oxygen atoms in total. The number of benzene rings is 2. The molecular weight excluding hydrogens is 342 g/mol. The van der Waals surface area contributed by atoms with Crippen molar-refractivity contribution < 1.29 is 0 Å². The lowest BCUT2D eigenvalue weighted by atomic mass is 10.1. The molecule has 0 aliphatic rings. The maximum atomic E-state index is 5.29. The van der Waals surface area contributed by atoms with Gasteiger partial charge in [0, 0.05) is 28.4 Å². The molecule has 3 aromatic rings. The summed E-state index contributed by atoms with van der Waals surface area (Å²) in [6.45, 7) is 2.96. The fourth-order valence-corrected chi connectivity index (χ4v) is 2.96. The summed E-state index contributed by atoms with van der Waals surface area (Å²) in [5, 5.41) is 17.2. The second-order valence-corrected chi connectivity index (χ2v) is 5.84. The first-order valence-electron chi connectivity index (χ1n) is 8.29. The van der Waals surface area contributed by atoms with E-state index in [0.717, 1.165) is 39.5 Å². The maximum Gasteiger partial charge on any atom is 0.211 e. The normalized spacial score (nSPS) is 11.6. The molecule has 0 atom stereocenters. The van der Waals surface area contributed by atoms with Crippen LogP contribution < -0.4 is 22.9 Å². The van der Waals surface area contributed by atoms with Gasteiger partial charge in [-0.25, -0.2) is 0 Å². The summed E-state index contributed by atoms with van der Waals surface area (Å²) in [4.78, 5) is 0. The number of fused-ring (bicyclic) bond motifs is 3. The second-order valence-electron chi connectivity index (χ2n) is 5.84. The van der Waals surface area contributed by atoms with Gasteiger partial charge >= 0.3 is 0 Å². The fourth-order valence-electron chi connectivity index (χ4n) is 2.96. The van der Waals surface area contributed by atoms with E-state index in [-0.39, 0.29) is 11.9 Å². The number of hydrogen-bond donors (Lipinski definition) is 4. The Labute approximate surface area is 155 Å². The van der Waals surface area contributed by atoms with Crippen LogP contribution in [-0.2, 0) is 6.54 Å². The molecule has 3 rings (SSSR count). The van der Waals surface area contributed by atoms with Gasteiger partial charge in [-0.15, -0.1) is 10.2 Å². The Morgan fingerprint density at radius 2 is 1.26 bits per heavy atom. The minimum absolute atomic E-state index is 0.0837. The molecule has 0 aliphatic carbocycles. The average molecular weight is 363 g/mol. The number of hydrogen-bond acceptors (Lipinski definition) is 4. The van der Waals surface area contributed by atoms with Crippen LogP contribution in [0.15, 0.2) is 56.8 Å². The molecule has 0 amide bonds. The van der Waals surface area contributed by atoms with Gasteiger partial charge in [0.1, 0.15) is 0 Å². The molecule has 0 bridgehead atoms. The average Bonchev–Trinajstić information content (AvgIpc) is 2.93. The Bertz CT molecular complexity index is 1010. The zero-order chi connectivity index (χ0) is 19.4. The molecule has 27 heavy (non-hydrogen) atoms. The summed E-state index contributed by atoms with van der Waals surface area (Å²) < 4.78 is 2.25. The van der Waals surface area contributed by atoms with Crippen LogP contribution in [0.2, 0.25) is 0 Å². The van der Waals surface area contributed by atoms with Gasteiger partial charge in [0.2, 0.25) is 11.9 Å². The van der Waals surface area contributed by atoms with Gasteiger partial charge in [-0.2, -0.15) is 10.2 Å². The summed E-state index contributed by atoms with van der Waals surface area (Å²) in [5.74, 6) is -0.167. The van der Waals surface area contributed by atoms with Crippen LogP contribution in [0.25, 0.3) is 21.8 Å². The number of aryl methyl sites for hydroxylation is 1. The number of nitrogens with zero attached hydrogens (tertiary/aromatic N) is 5. The Morgan fingerprint density at radius 3 is 1.63 bits per heavy atom. The van der Waals surface area contributed by atoms with E-state index in [1.54, 1.807) is 12.4 Å². The largest absolute Gasteiger partial charge is 0.369 e. The molecule has 0 radical (unpaired) electrons. The van der Waals surface area contributed by atoms with E-state index in [2.05, 4.69) is 44.0 Å². The van der Waals surface area contributed by atoms with Crippen molar-refractivity contribution >= 4 is 46.2 Å². The van der Waals surface area contributed by atoms with Crippen LogP contribution in [0.3, 0.4) is 0 Å². The Balaban J connectivity index is 2.14. The summed E-state index contributed by atoms with van der Waals surface area (Å²) in [5.41, 5.74) is 25.2. The van der Waals surface area contributed by atoms with Gasteiger partial charge < -0.3 is 27.5 Å². The Hall–Kier alpha value is -3.88. The van der Waals surface area contributed by atoms with E-state index < -0.39 is 0 Å². The third-order valence-electron chi connectivity index (χ3n) is 3.99. The molecular formula is C18H21N9. The lowest BCUT2D eigenvalue weighted by Gasteiger charge is -2.03. The van der Waals surface area contributed by atoms with Crippen molar-refractivity contribution in [3.63, 3.8) is 0 Å². The number of guanidine groups is 2. The van der Waals surface area contributed by atoms with Crippen LogP contribution in [-0.4, -0.2) is 28.9 Å². The van der Waals surface area contributed by atoms with Crippen LogP contribution in [0.4, 0.5) is 0 Å². The van der Waals surface area contributed by atoms with Crippen molar-refractivity contribution in [1.29, 1.82) is 0 Å². The van der Waals surface area contributed by atoms with E-state index in [1.165, 1.54) is 0 Å². The number of nitrogens with two attached hydrogens (primary N) is 4. The molecule has 0 spiro atoms. The van der Waals surface area contributed by atoms with Gasteiger partial charge in [-0.1, -0.05) is 12.1 Å². The highest BCUT2D eigenvalue weighted by Gasteiger charge is 2.10. The summed E-state index contributed by atoms with van der Waals surface area (Å²) in [6, 6.07) is 12.2. The van der Waals surface area contributed by atoms with Crippen LogP contribution in [0.5, 0.6) is 0 Å². The standard InChI is InChI=1S/C18H21N9/c1-2-27-15-5-3-11(9-23-25-17(19)20)7-13(15)14-8-12(4-6-16(14)27)10-24-26-18(21)22/h3-10H,2H2,1H3,(H4,19,20,25)(H4,21,22,26)/b23-9-,24-10+. The van der Waals surface area contributed by atoms with E-state index in [4.69, 9.17) is 22.9 Å². The molecule has 0 saturated carbocycles. The monoisotopic (exact) mass is 363 g/mol. The molecule has 138 valence electrons. The fraction of sp³-hybridized carbons (Fsp3) is 0.111. The van der Waals surface area contributed by atoms with Crippen LogP contribution >= 0.6 is 0 Å². The third-order valence-corrected chi connectivity index (χ3v) is 3.99. The molecule has 8 N–H and O–H groups in total. The highest BCUT2D eigenvalue weighted by atomic mass is 15.3. The summed E-state index contributed by atoms with van der Waals surface area (Å²) >= 11 is 0. The Kier molecular flexibility index (Phi) is 5.02. The van der Waals surface area contributed by atoms with Gasteiger partial charge in [-0.05, 0) is 42.3 Å². The lowest BCUT2D eigenvalue weighted by Crippen LogP contribution is -2.21. The molecule has 0 fully saturated rings. The van der Waals surface area contributed by atoms with Crippen molar-refractivity contribution in [1.82, 2.24) is 4.57 Å². The summed E-state index contributed by atoms with van der Waals surface area (Å²) in [7, 11) is 0.